The molecule has 0 fully saturated rings. The van der Waals surface area contributed by atoms with Gasteiger partial charge in [0.2, 0.25) is 5.91 Å². The van der Waals surface area contributed by atoms with Crippen molar-refractivity contribution in [2.45, 2.75) is 38.6 Å². The van der Waals surface area contributed by atoms with E-state index >= 15 is 0 Å². The van der Waals surface area contributed by atoms with Crippen LogP contribution in [-0.4, -0.2) is 23.7 Å². The molecule has 3 nitrogen and oxygen atoms in total. The van der Waals surface area contributed by atoms with E-state index in [0.29, 0.717) is 0 Å². The number of hydrogen-bond donors (Lipinski definition) is 2. The summed E-state index contributed by atoms with van der Waals surface area (Å²) in [5.74, 6) is 0.0735. The summed E-state index contributed by atoms with van der Waals surface area (Å²) in [6.45, 7) is 4.20. The fourth-order valence-electron chi connectivity index (χ4n) is 2.52. The van der Waals surface area contributed by atoms with E-state index in [2.05, 4.69) is 24.4 Å². The van der Waals surface area contributed by atoms with E-state index in [-0.39, 0.29) is 30.4 Å². The molecule has 0 aliphatic heterocycles. The van der Waals surface area contributed by atoms with E-state index in [4.69, 9.17) is 5.11 Å². The minimum atomic E-state index is -0.150. The Labute approximate surface area is 120 Å². The molecule has 20 heavy (non-hydrogen) atoms. The van der Waals surface area contributed by atoms with Crippen molar-refractivity contribution in [1.82, 2.24) is 5.32 Å². The first-order valence-corrected chi connectivity index (χ1v) is 7.32. The second-order valence-corrected chi connectivity index (χ2v) is 5.50. The van der Waals surface area contributed by atoms with Crippen LogP contribution in [0.15, 0.2) is 36.4 Å². The Bertz CT molecular complexity index is 478. The van der Waals surface area contributed by atoms with Crippen molar-refractivity contribution in [3.63, 3.8) is 0 Å². The minimum absolute atomic E-state index is 0.0440. The van der Waals surface area contributed by atoms with Crippen LogP contribution >= 0.6 is 0 Å². The van der Waals surface area contributed by atoms with Gasteiger partial charge in [0.05, 0.1) is 5.92 Å². The first-order chi connectivity index (χ1) is 9.63. The first kappa shape index (κ1) is 14.8. The zero-order valence-electron chi connectivity index (χ0n) is 12.2. The molecular weight excluding hydrogens is 250 g/mol. The second kappa shape index (κ2) is 6.71. The van der Waals surface area contributed by atoms with Gasteiger partial charge in [-0.25, -0.2) is 0 Å². The zero-order valence-corrected chi connectivity index (χ0v) is 12.2. The molecule has 108 valence electrons. The van der Waals surface area contributed by atoms with Crippen LogP contribution in [0.5, 0.6) is 0 Å². The van der Waals surface area contributed by atoms with Gasteiger partial charge in [-0.1, -0.05) is 43.3 Å². The van der Waals surface area contributed by atoms with Gasteiger partial charge in [0.1, 0.15) is 0 Å². The molecule has 3 atom stereocenters. The van der Waals surface area contributed by atoms with E-state index in [1.807, 2.05) is 31.2 Å². The molecule has 0 bridgehead atoms. The van der Waals surface area contributed by atoms with Crippen LogP contribution in [0.3, 0.4) is 0 Å². The largest absolute Gasteiger partial charge is 0.396 e. The third-order valence-electron chi connectivity index (χ3n) is 4.02. The highest BCUT2D eigenvalue weighted by Crippen LogP contribution is 2.20. The predicted octanol–water partition coefficient (Wildman–Crippen LogP) is 2.41. The zero-order chi connectivity index (χ0) is 14.5. The summed E-state index contributed by atoms with van der Waals surface area (Å²) in [6, 6.07) is 8.28. The number of aliphatic hydroxyl groups excluding tert-OH is 1. The summed E-state index contributed by atoms with van der Waals surface area (Å²) in [5, 5.41) is 12.1. The van der Waals surface area contributed by atoms with Crippen molar-refractivity contribution in [3.8, 4) is 0 Å². The Morgan fingerprint density at radius 1 is 1.35 bits per heavy atom. The van der Waals surface area contributed by atoms with Crippen molar-refractivity contribution < 1.29 is 9.90 Å². The normalized spacial score (nSPS) is 22.8. The van der Waals surface area contributed by atoms with Crippen LogP contribution in [-0.2, 0) is 11.2 Å². The van der Waals surface area contributed by atoms with Crippen LogP contribution < -0.4 is 5.32 Å². The Morgan fingerprint density at radius 2 is 2.05 bits per heavy atom. The maximum Gasteiger partial charge on any atom is 0.227 e. The number of carbonyl (C=O) groups is 1. The van der Waals surface area contributed by atoms with Crippen molar-refractivity contribution >= 4 is 5.91 Å². The van der Waals surface area contributed by atoms with Crippen molar-refractivity contribution in [2.24, 2.45) is 5.92 Å². The van der Waals surface area contributed by atoms with Crippen molar-refractivity contribution in [1.29, 1.82) is 0 Å². The Kier molecular flexibility index (Phi) is 4.96. The third-order valence-corrected chi connectivity index (χ3v) is 4.02. The highest BCUT2D eigenvalue weighted by Gasteiger charge is 2.22. The molecule has 3 heteroatoms. The van der Waals surface area contributed by atoms with Crippen molar-refractivity contribution in [2.75, 3.05) is 6.61 Å². The lowest BCUT2D eigenvalue weighted by Crippen LogP contribution is -2.35. The molecule has 0 saturated carbocycles. The summed E-state index contributed by atoms with van der Waals surface area (Å²) in [4.78, 5) is 12.2. The van der Waals surface area contributed by atoms with Crippen LogP contribution in [0, 0.1) is 5.92 Å². The highest BCUT2D eigenvalue weighted by molar-refractivity contribution is 5.83. The monoisotopic (exact) mass is 273 g/mol. The lowest BCUT2D eigenvalue weighted by Gasteiger charge is -2.17. The number of rotatable bonds is 5. The third kappa shape index (κ3) is 3.48. The maximum atomic E-state index is 12.2. The Hall–Kier alpha value is -1.61. The number of nitrogens with one attached hydrogen (secondary N) is 1. The average molecular weight is 273 g/mol. The summed E-state index contributed by atoms with van der Waals surface area (Å²) in [5.41, 5.74) is 2.33. The van der Waals surface area contributed by atoms with Gasteiger partial charge in [-0.2, -0.15) is 0 Å². The number of carbonyl (C=O) groups excluding carboxylic acids is 1. The van der Waals surface area contributed by atoms with Crippen LogP contribution in [0.25, 0.3) is 0 Å². The van der Waals surface area contributed by atoms with E-state index in [9.17, 15) is 4.79 Å². The Morgan fingerprint density at radius 3 is 2.60 bits per heavy atom. The lowest BCUT2D eigenvalue weighted by atomic mass is 9.98. The molecule has 1 amide bonds. The van der Waals surface area contributed by atoms with E-state index in [0.717, 1.165) is 18.4 Å². The predicted molar refractivity (Wildman–Crippen MR) is 80.5 cm³/mol. The Balaban J connectivity index is 1.93. The van der Waals surface area contributed by atoms with Crippen LogP contribution in [0.2, 0.25) is 0 Å². The van der Waals surface area contributed by atoms with Gasteiger partial charge >= 0.3 is 0 Å². The molecule has 1 unspecified atom stereocenters. The summed E-state index contributed by atoms with van der Waals surface area (Å²) in [7, 11) is 0. The number of hydrogen-bond acceptors (Lipinski definition) is 2. The van der Waals surface area contributed by atoms with E-state index in [1.165, 1.54) is 5.56 Å². The minimum Gasteiger partial charge on any atom is -0.396 e. The molecular formula is C17H23NO2. The molecule has 0 radical (unpaired) electrons. The number of aliphatic hydroxyl groups is 1. The fourth-order valence-corrected chi connectivity index (χ4v) is 2.52. The van der Waals surface area contributed by atoms with E-state index < -0.39 is 0 Å². The molecule has 1 aliphatic rings. The maximum absolute atomic E-state index is 12.2. The topological polar surface area (TPSA) is 49.3 Å². The van der Waals surface area contributed by atoms with Gasteiger partial charge in [0.25, 0.3) is 0 Å². The van der Waals surface area contributed by atoms with Crippen LogP contribution in [0.4, 0.5) is 0 Å². The molecule has 0 saturated heterocycles. The molecule has 1 aromatic carbocycles. The standard InChI is InChI=1S/C17H23NO2/c1-3-13-4-7-15(8-5-13)12(2)17(20)18-16-9-6-14(10-16)11-19/h4-9,12,14,16,19H,3,10-11H2,1-2H3,(H,18,20)/t12?,14-,16+/m0/s1. The van der Waals surface area contributed by atoms with E-state index in [1.54, 1.807) is 0 Å². The SMILES string of the molecule is CCc1ccc(C(C)C(=O)N[C@@H]2C=C[C@H](CO)C2)cc1. The number of amides is 1. The van der Waals surface area contributed by atoms with Gasteiger partial charge in [-0.15, -0.1) is 0 Å². The first-order valence-electron chi connectivity index (χ1n) is 7.32. The van der Waals surface area contributed by atoms with Gasteiger partial charge in [-0.05, 0) is 30.9 Å². The highest BCUT2D eigenvalue weighted by atomic mass is 16.3. The molecule has 0 aromatic heterocycles. The van der Waals surface area contributed by atoms with Gasteiger partial charge in [0, 0.05) is 18.6 Å². The quantitative estimate of drug-likeness (QED) is 0.809. The summed E-state index contributed by atoms with van der Waals surface area (Å²) < 4.78 is 0. The number of aryl methyl sites for hydroxylation is 1. The molecule has 0 spiro atoms. The molecule has 0 heterocycles. The lowest BCUT2D eigenvalue weighted by molar-refractivity contribution is -0.122. The molecule has 1 aliphatic carbocycles. The van der Waals surface area contributed by atoms with Gasteiger partial charge in [0.15, 0.2) is 0 Å². The molecule has 1 aromatic rings. The molecule has 2 N–H and O–H groups in total. The van der Waals surface area contributed by atoms with Gasteiger partial charge < -0.3 is 10.4 Å². The summed E-state index contributed by atoms with van der Waals surface area (Å²) in [6.07, 6.45) is 5.76. The second-order valence-electron chi connectivity index (χ2n) is 5.50. The van der Waals surface area contributed by atoms with Gasteiger partial charge in [-0.3, -0.25) is 4.79 Å². The smallest absolute Gasteiger partial charge is 0.227 e. The fraction of sp³-hybridized carbons (Fsp3) is 0.471. The average Bonchev–Trinajstić information content (AvgIpc) is 2.94. The summed E-state index contributed by atoms with van der Waals surface area (Å²) >= 11 is 0. The number of benzene rings is 1. The molecule has 2 rings (SSSR count). The van der Waals surface area contributed by atoms with Crippen LogP contribution in [0.1, 0.15) is 37.3 Å². The van der Waals surface area contributed by atoms with Crippen molar-refractivity contribution in [3.05, 3.63) is 47.5 Å².